The third kappa shape index (κ3) is 6.59. The zero-order valence-corrected chi connectivity index (χ0v) is 21.5. The van der Waals surface area contributed by atoms with Crippen LogP contribution in [0.25, 0.3) is 0 Å². The average Bonchev–Trinajstić information content (AvgIpc) is 3.17. The van der Waals surface area contributed by atoms with Crippen LogP contribution in [-0.2, 0) is 35.3 Å². The number of hydrogen-bond donors (Lipinski definition) is 0. The molecule has 33 heavy (non-hydrogen) atoms. The standard InChI is InChI=1S/C24H32N4O3S2/c1-6-19-10-12-21(13-11-19)31-16-23-25-26-24(28(23)15-18(2)3)32-17-20-8-7-9-22(14-20)33(29,30)27(4)5/h7-14,18H,6,15-17H2,1-5H3. The zero-order chi connectivity index (χ0) is 24.0. The van der Waals surface area contributed by atoms with Gasteiger partial charge >= 0.3 is 0 Å². The van der Waals surface area contributed by atoms with Crippen molar-refractivity contribution >= 4 is 21.8 Å². The zero-order valence-electron chi connectivity index (χ0n) is 19.9. The normalized spacial score (nSPS) is 12.0. The molecule has 7 nitrogen and oxygen atoms in total. The van der Waals surface area contributed by atoms with Crippen molar-refractivity contribution in [1.29, 1.82) is 0 Å². The van der Waals surface area contributed by atoms with Gasteiger partial charge in [-0.05, 0) is 47.7 Å². The second-order valence-corrected chi connectivity index (χ2v) is 11.5. The van der Waals surface area contributed by atoms with Gasteiger partial charge in [0.2, 0.25) is 10.0 Å². The second-order valence-electron chi connectivity index (χ2n) is 8.41. The lowest BCUT2D eigenvalue weighted by molar-refractivity contribution is 0.284. The van der Waals surface area contributed by atoms with Gasteiger partial charge in [-0.15, -0.1) is 10.2 Å². The summed E-state index contributed by atoms with van der Waals surface area (Å²) >= 11 is 1.54. The molecule has 0 bridgehead atoms. The third-order valence-corrected chi connectivity index (χ3v) is 7.93. The van der Waals surface area contributed by atoms with Crippen molar-refractivity contribution in [2.24, 2.45) is 5.92 Å². The van der Waals surface area contributed by atoms with E-state index in [1.165, 1.54) is 24.0 Å². The predicted octanol–water partition coefficient (Wildman–Crippen LogP) is 4.62. The van der Waals surface area contributed by atoms with Gasteiger partial charge in [0.25, 0.3) is 0 Å². The van der Waals surface area contributed by atoms with Crippen molar-refractivity contribution < 1.29 is 13.2 Å². The maximum atomic E-state index is 12.4. The van der Waals surface area contributed by atoms with E-state index in [4.69, 9.17) is 4.74 Å². The molecule has 0 aliphatic rings. The van der Waals surface area contributed by atoms with E-state index >= 15 is 0 Å². The first-order valence-electron chi connectivity index (χ1n) is 11.0. The molecule has 2 aromatic carbocycles. The first-order chi connectivity index (χ1) is 15.7. The lowest BCUT2D eigenvalue weighted by Gasteiger charge is -2.14. The Morgan fingerprint density at radius 1 is 1.06 bits per heavy atom. The van der Waals surface area contributed by atoms with E-state index in [0.29, 0.717) is 18.3 Å². The molecule has 0 aliphatic carbocycles. The van der Waals surface area contributed by atoms with Crippen molar-refractivity contribution in [3.8, 4) is 5.75 Å². The van der Waals surface area contributed by atoms with Crippen molar-refractivity contribution in [2.45, 2.75) is 56.1 Å². The number of ether oxygens (including phenoxy) is 1. The summed E-state index contributed by atoms with van der Waals surface area (Å²) in [4.78, 5) is 0.289. The number of aryl methyl sites for hydroxylation is 1. The number of thioether (sulfide) groups is 1. The number of nitrogens with zero attached hydrogens (tertiary/aromatic N) is 4. The first-order valence-corrected chi connectivity index (χ1v) is 13.4. The van der Waals surface area contributed by atoms with Gasteiger partial charge in [-0.2, -0.15) is 0 Å². The van der Waals surface area contributed by atoms with Gasteiger partial charge < -0.3 is 9.30 Å². The topological polar surface area (TPSA) is 77.3 Å². The summed E-state index contributed by atoms with van der Waals surface area (Å²) in [7, 11) is -0.397. The first kappa shape index (κ1) is 25.3. The van der Waals surface area contributed by atoms with E-state index in [1.807, 2.05) is 18.2 Å². The van der Waals surface area contributed by atoms with Gasteiger partial charge in [-0.25, -0.2) is 12.7 Å². The fourth-order valence-corrected chi connectivity index (χ4v) is 5.09. The largest absolute Gasteiger partial charge is 0.486 e. The highest BCUT2D eigenvalue weighted by Gasteiger charge is 2.18. The molecule has 3 rings (SSSR count). The molecule has 9 heteroatoms. The fourth-order valence-electron chi connectivity index (χ4n) is 3.20. The number of benzene rings is 2. The number of aromatic nitrogens is 3. The van der Waals surface area contributed by atoms with Gasteiger partial charge in [0, 0.05) is 26.4 Å². The molecule has 1 aromatic heterocycles. The van der Waals surface area contributed by atoms with Crippen LogP contribution in [0.5, 0.6) is 5.75 Å². The van der Waals surface area contributed by atoms with Crippen molar-refractivity contribution in [3.05, 3.63) is 65.5 Å². The number of sulfonamides is 1. The van der Waals surface area contributed by atoms with Gasteiger partial charge in [-0.1, -0.05) is 56.8 Å². The van der Waals surface area contributed by atoms with E-state index in [9.17, 15) is 8.42 Å². The highest BCUT2D eigenvalue weighted by Crippen LogP contribution is 2.25. The van der Waals surface area contributed by atoms with Crippen LogP contribution in [0.3, 0.4) is 0 Å². The number of rotatable bonds is 11. The minimum Gasteiger partial charge on any atom is -0.486 e. The van der Waals surface area contributed by atoms with Crippen molar-refractivity contribution in [3.63, 3.8) is 0 Å². The molecule has 3 aromatic rings. The Morgan fingerprint density at radius 3 is 2.42 bits per heavy atom. The SMILES string of the molecule is CCc1ccc(OCc2nnc(SCc3cccc(S(=O)(=O)N(C)C)c3)n2CC(C)C)cc1. The summed E-state index contributed by atoms with van der Waals surface area (Å²) in [6.45, 7) is 7.54. The summed E-state index contributed by atoms with van der Waals surface area (Å²) in [5.41, 5.74) is 2.18. The van der Waals surface area contributed by atoms with Crippen molar-refractivity contribution in [2.75, 3.05) is 14.1 Å². The molecule has 0 saturated heterocycles. The van der Waals surface area contributed by atoms with Crippen LogP contribution >= 0.6 is 11.8 Å². The van der Waals surface area contributed by atoms with Gasteiger partial charge in [-0.3, -0.25) is 0 Å². The monoisotopic (exact) mass is 488 g/mol. The van der Waals surface area contributed by atoms with E-state index in [1.54, 1.807) is 30.0 Å². The fraction of sp³-hybridized carbons (Fsp3) is 0.417. The predicted molar refractivity (Wildman–Crippen MR) is 132 cm³/mol. The Labute approximate surface area is 201 Å². The van der Waals surface area contributed by atoms with E-state index in [0.717, 1.165) is 35.3 Å². The summed E-state index contributed by atoms with van der Waals surface area (Å²) < 4.78 is 34.2. The maximum Gasteiger partial charge on any atom is 0.242 e. The number of hydrogen-bond acceptors (Lipinski definition) is 6. The molecule has 178 valence electrons. The van der Waals surface area contributed by atoms with Crippen LogP contribution in [0.4, 0.5) is 0 Å². The summed E-state index contributed by atoms with van der Waals surface area (Å²) in [5, 5.41) is 9.56. The highest BCUT2D eigenvalue weighted by atomic mass is 32.2. The van der Waals surface area contributed by atoms with Gasteiger partial charge in [0.15, 0.2) is 11.0 Å². The van der Waals surface area contributed by atoms with E-state index in [-0.39, 0.29) is 4.90 Å². The minimum absolute atomic E-state index is 0.289. The Hall–Kier alpha value is -2.36. The van der Waals surface area contributed by atoms with E-state index < -0.39 is 10.0 Å². The molecular formula is C24H32N4O3S2. The van der Waals surface area contributed by atoms with Crippen molar-refractivity contribution in [1.82, 2.24) is 19.1 Å². The van der Waals surface area contributed by atoms with Crippen LogP contribution in [0.1, 0.15) is 37.7 Å². The lowest BCUT2D eigenvalue weighted by atomic mass is 10.2. The Kier molecular flexibility index (Phi) is 8.56. The summed E-state index contributed by atoms with van der Waals surface area (Å²) in [5.74, 6) is 2.58. The summed E-state index contributed by atoms with van der Waals surface area (Å²) in [6, 6.07) is 15.1. The maximum absolute atomic E-state index is 12.4. The van der Waals surface area contributed by atoms with Gasteiger partial charge in [0.1, 0.15) is 12.4 Å². The highest BCUT2D eigenvalue weighted by molar-refractivity contribution is 7.98. The van der Waals surface area contributed by atoms with Crippen LogP contribution in [0.15, 0.2) is 58.6 Å². The molecule has 1 heterocycles. The minimum atomic E-state index is -3.47. The lowest BCUT2D eigenvalue weighted by Crippen LogP contribution is -2.22. The molecular weight excluding hydrogens is 456 g/mol. The Balaban J connectivity index is 1.73. The van der Waals surface area contributed by atoms with Crippen LogP contribution in [-0.4, -0.2) is 41.6 Å². The van der Waals surface area contributed by atoms with Crippen LogP contribution in [0, 0.1) is 5.92 Å². The summed E-state index contributed by atoms with van der Waals surface area (Å²) in [6.07, 6.45) is 0.994. The average molecular weight is 489 g/mol. The molecule has 0 unspecified atom stereocenters. The molecule has 0 amide bonds. The van der Waals surface area contributed by atoms with E-state index in [2.05, 4.69) is 47.7 Å². The smallest absolute Gasteiger partial charge is 0.242 e. The molecule has 0 atom stereocenters. The molecule has 0 fully saturated rings. The molecule has 0 N–H and O–H groups in total. The Morgan fingerprint density at radius 2 is 1.79 bits per heavy atom. The molecule has 0 spiro atoms. The third-order valence-electron chi connectivity index (χ3n) is 5.09. The Bertz CT molecular complexity index is 1160. The van der Waals surface area contributed by atoms with Crippen LogP contribution < -0.4 is 4.74 Å². The molecule has 0 radical (unpaired) electrons. The molecule has 0 saturated carbocycles. The quantitative estimate of drug-likeness (QED) is 0.367. The molecule has 0 aliphatic heterocycles. The second kappa shape index (κ2) is 11.2. The van der Waals surface area contributed by atoms with Gasteiger partial charge in [0.05, 0.1) is 4.90 Å². The van der Waals surface area contributed by atoms with Crippen LogP contribution in [0.2, 0.25) is 0 Å².